The molecule has 0 radical (unpaired) electrons. The number of aromatic nitrogens is 1. The molecule has 7 nitrogen and oxygen atoms in total. The number of amides is 2. The number of anilines is 1. The number of hydrogen-bond donors (Lipinski definition) is 2. The summed E-state index contributed by atoms with van der Waals surface area (Å²) in [4.78, 5) is 29.4. The van der Waals surface area contributed by atoms with Crippen molar-refractivity contribution in [3.05, 3.63) is 48.2 Å². The highest BCUT2D eigenvalue weighted by Gasteiger charge is 2.42. The molecule has 7 heteroatoms. The fraction of sp³-hybridized carbons (Fsp3) is 0.350. The van der Waals surface area contributed by atoms with Crippen molar-refractivity contribution in [3.8, 4) is 11.6 Å². The fourth-order valence-electron chi connectivity index (χ4n) is 2.98. The third kappa shape index (κ3) is 4.36. The second-order valence-electron chi connectivity index (χ2n) is 6.96. The van der Waals surface area contributed by atoms with Crippen LogP contribution in [0.4, 0.5) is 10.5 Å². The maximum Gasteiger partial charge on any atom is 0.321 e. The van der Waals surface area contributed by atoms with Gasteiger partial charge in [-0.05, 0) is 43.5 Å². The predicted molar refractivity (Wildman–Crippen MR) is 101 cm³/mol. The number of carbonyl (C=O) groups excluding carboxylic acids is 1. The molecule has 2 heterocycles. The number of carboxylic acids is 1. The number of urea groups is 1. The number of nitrogens with one attached hydrogen (secondary N) is 1. The summed E-state index contributed by atoms with van der Waals surface area (Å²) in [7, 11) is 0. The minimum Gasteiger partial charge on any atom is -0.481 e. The first-order valence-electron chi connectivity index (χ1n) is 8.92. The topological polar surface area (TPSA) is 91.8 Å². The minimum absolute atomic E-state index is 0.191. The average Bonchev–Trinajstić information content (AvgIpc) is 3.07. The van der Waals surface area contributed by atoms with Gasteiger partial charge in [0.25, 0.3) is 0 Å². The molecule has 0 aliphatic carbocycles. The van der Waals surface area contributed by atoms with Crippen LogP contribution in [0.25, 0.3) is 0 Å². The molecule has 1 saturated heterocycles. The van der Waals surface area contributed by atoms with Crippen LogP contribution in [0, 0.1) is 5.41 Å². The summed E-state index contributed by atoms with van der Waals surface area (Å²) in [6.07, 6.45) is 2.88. The van der Waals surface area contributed by atoms with Gasteiger partial charge in [-0.1, -0.05) is 19.1 Å². The van der Waals surface area contributed by atoms with Gasteiger partial charge in [-0.3, -0.25) is 4.79 Å². The zero-order valence-electron chi connectivity index (χ0n) is 15.4. The van der Waals surface area contributed by atoms with Crippen molar-refractivity contribution in [2.45, 2.75) is 26.7 Å². The summed E-state index contributed by atoms with van der Waals surface area (Å²) in [5.41, 5.74) is 0.814. The number of rotatable bonds is 5. The van der Waals surface area contributed by atoms with Crippen LogP contribution in [0.5, 0.6) is 11.6 Å². The van der Waals surface area contributed by atoms with E-state index in [1.54, 1.807) is 19.1 Å². The van der Waals surface area contributed by atoms with E-state index in [2.05, 4.69) is 17.2 Å². The Bertz CT molecular complexity index is 837. The molecule has 1 unspecified atom stereocenters. The number of likely N-dealkylation sites (tertiary alicyclic amines) is 1. The van der Waals surface area contributed by atoms with Crippen LogP contribution in [0.1, 0.15) is 25.8 Å². The van der Waals surface area contributed by atoms with E-state index in [1.165, 1.54) is 16.7 Å². The van der Waals surface area contributed by atoms with Gasteiger partial charge in [0.05, 0.1) is 17.3 Å². The molecule has 2 N–H and O–H groups in total. The molecule has 1 fully saturated rings. The van der Waals surface area contributed by atoms with Gasteiger partial charge in [-0.25, -0.2) is 9.78 Å². The Hall–Kier alpha value is -3.09. The summed E-state index contributed by atoms with van der Waals surface area (Å²) in [5.74, 6) is 0.262. The van der Waals surface area contributed by atoms with Crippen molar-refractivity contribution in [1.82, 2.24) is 9.88 Å². The van der Waals surface area contributed by atoms with Gasteiger partial charge < -0.3 is 20.1 Å². The zero-order valence-corrected chi connectivity index (χ0v) is 15.4. The van der Waals surface area contributed by atoms with Crippen LogP contribution >= 0.6 is 0 Å². The molecule has 0 spiro atoms. The van der Waals surface area contributed by atoms with Crippen LogP contribution in [0.2, 0.25) is 0 Å². The highest BCUT2D eigenvalue weighted by Crippen LogP contribution is 2.30. The number of nitrogens with zero attached hydrogens (tertiary/aromatic N) is 2. The minimum atomic E-state index is -0.889. The van der Waals surface area contributed by atoms with Gasteiger partial charge in [0.1, 0.15) is 5.75 Å². The SMILES string of the molecule is CCc1cccc(Oc2ccc(NC(=O)N3CCC(C)(C(=O)O)C3)cn2)c1. The smallest absolute Gasteiger partial charge is 0.321 e. The number of carboxylic acid groups (broad SMARTS) is 1. The molecule has 2 amide bonds. The molecule has 1 aliphatic rings. The van der Waals surface area contributed by atoms with Gasteiger partial charge in [0, 0.05) is 19.2 Å². The van der Waals surface area contributed by atoms with E-state index >= 15 is 0 Å². The quantitative estimate of drug-likeness (QED) is 0.837. The third-order valence-corrected chi connectivity index (χ3v) is 4.79. The molecule has 27 heavy (non-hydrogen) atoms. The Balaban J connectivity index is 1.59. The summed E-state index contributed by atoms with van der Waals surface area (Å²) in [6, 6.07) is 10.9. The first kappa shape index (κ1) is 18.7. The molecule has 1 atom stereocenters. The molecule has 3 rings (SSSR count). The molecular weight excluding hydrogens is 346 g/mol. The Kier molecular flexibility index (Phi) is 5.30. The van der Waals surface area contributed by atoms with E-state index in [0.717, 1.165) is 6.42 Å². The normalized spacial score (nSPS) is 19.0. The largest absolute Gasteiger partial charge is 0.481 e. The van der Waals surface area contributed by atoms with Crippen molar-refractivity contribution in [2.24, 2.45) is 5.41 Å². The summed E-state index contributed by atoms with van der Waals surface area (Å²) >= 11 is 0. The van der Waals surface area contributed by atoms with Crippen molar-refractivity contribution < 1.29 is 19.4 Å². The number of carbonyl (C=O) groups is 2. The lowest BCUT2D eigenvalue weighted by Gasteiger charge is -2.20. The highest BCUT2D eigenvalue weighted by atomic mass is 16.5. The van der Waals surface area contributed by atoms with E-state index in [0.29, 0.717) is 30.3 Å². The van der Waals surface area contributed by atoms with Crippen LogP contribution < -0.4 is 10.1 Å². The number of benzene rings is 1. The molecular formula is C20H23N3O4. The predicted octanol–water partition coefficient (Wildman–Crippen LogP) is 3.76. The van der Waals surface area contributed by atoms with Crippen molar-refractivity contribution in [3.63, 3.8) is 0 Å². The summed E-state index contributed by atoms with van der Waals surface area (Å²) < 4.78 is 5.73. The molecule has 1 aromatic carbocycles. The summed E-state index contributed by atoms with van der Waals surface area (Å²) in [6.45, 7) is 4.34. The molecule has 142 valence electrons. The fourth-order valence-corrected chi connectivity index (χ4v) is 2.98. The van der Waals surface area contributed by atoms with Gasteiger partial charge in [0.15, 0.2) is 0 Å². The number of aliphatic carboxylic acids is 1. The van der Waals surface area contributed by atoms with E-state index in [1.807, 2.05) is 24.3 Å². The van der Waals surface area contributed by atoms with Gasteiger partial charge in [-0.15, -0.1) is 0 Å². The van der Waals surface area contributed by atoms with E-state index < -0.39 is 11.4 Å². The van der Waals surface area contributed by atoms with Crippen molar-refractivity contribution in [2.75, 3.05) is 18.4 Å². The zero-order chi connectivity index (χ0) is 19.4. The highest BCUT2D eigenvalue weighted by molar-refractivity contribution is 5.90. The van der Waals surface area contributed by atoms with Crippen molar-refractivity contribution in [1.29, 1.82) is 0 Å². The van der Waals surface area contributed by atoms with Crippen molar-refractivity contribution >= 4 is 17.7 Å². The standard InChI is InChI=1S/C20H23N3O4/c1-3-14-5-4-6-16(11-14)27-17-8-7-15(12-21-17)22-19(26)23-10-9-20(2,13-23)18(24)25/h4-8,11-12H,3,9-10,13H2,1-2H3,(H,22,26)(H,24,25). The Morgan fingerprint density at radius 2 is 2.15 bits per heavy atom. The van der Waals surface area contributed by atoms with E-state index in [-0.39, 0.29) is 12.6 Å². The maximum atomic E-state index is 12.3. The Morgan fingerprint density at radius 3 is 2.78 bits per heavy atom. The van der Waals surface area contributed by atoms with Crippen LogP contribution in [0.15, 0.2) is 42.6 Å². The molecule has 1 aliphatic heterocycles. The number of pyridine rings is 1. The van der Waals surface area contributed by atoms with E-state index in [9.17, 15) is 14.7 Å². The Morgan fingerprint density at radius 1 is 1.33 bits per heavy atom. The van der Waals surface area contributed by atoms with Crippen LogP contribution in [-0.2, 0) is 11.2 Å². The van der Waals surface area contributed by atoms with Gasteiger partial charge >= 0.3 is 12.0 Å². The molecule has 1 aromatic heterocycles. The Labute approximate surface area is 158 Å². The monoisotopic (exact) mass is 369 g/mol. The van der Waals surface area contributed by atoms with Gasteiger partial charge in [-0.2, -0.15) is 0 Å². The molecule has 0 saturated carbocycles. The lowest BCUT2D eigenvalue weighted by molar-refractivity contribution is -0.146. The second-order valence-corrected chi connectivity index (χ2v) is 6.96. The lowest BCUT2D eigenvalue weighted by Crippen LogP contribution is -2.37. The molecule has 2 aromatic rings. The van der Waals surface area contributed by atoms with Crippen LogP contribution in [0.3, 0.4) is 0 Å². The average molecular weight is 369 g/mol. The lowest BCUT2D eigenvalue weighted by atomic mass is 9.90. The van der Waals surface area contributed by atoms with Gasteiger partial charge in [0.2, 0.25) is 5.88 Å². The second kappa shape index (κ2) is 7.65. The summed E-state index contributed by atoms with van der Waals surface area (Å²) in [5, 5.41) is 12.0. The number of hydrogen-bond acceptors (Lipinski definition) is 4. The third-order valence-electron chi connectivity index (χ3n) is 4.79. The number of ether oxygens (including phenoxy) is 1. The number of aryl methyl sites for hydroxylation is 1. The maximum absolute atomic E-state index is 12.3. The first-order valence-corrected chi connectivity index (χ1v) is 8.92. The van der Waals surface area contributed by atoms with Crippen LogP contribution in [-0.4, -0.2) is 40.1 Å². The van der Waals surface area contributed by atoms with E-state index in [4.69, 9.17) is 4.74 Å². The first-order chi connectivity index (χ1) is 12.9. The molecule has 0 bridgehead atoms.